The zero-order valence-electron chi connectivity index (χ0n) is 10.7. The molecular weight excluding hydrogens is 248 g/mol. The van der Waals surface area contributed by atoms with Crippen LogP contribution in [-0.4, -0.2) is 35.0 Å². The third-order valence-electron chi connectivity index (χ3n) is 2.54. The summed E-state index contributed by atoms with van der Waals surface area (Å²) in [6.07, 6.45) is 1.46. The Hall–Kier alpha value is -2.57. The zero-order chi connectivity index (χ0) is 13.8. The average Bonchev–Trinajstić information content (AvgIpc) is 2.86. The predicted octanol–water partition coefficient (Wildman–Crippen LogP) is 0.704. The van der Waals surface area contributed by atoms with Crippen molar-refractivity contribution in [2.75, 3.05) is 20.0 Å². The number of hydrogen-bond donors (Lipinski definition) is 1. The van der Waals surface area contributed by atoms with Crippen LogP contribution in [0.2, 0.25) is 0 Å². The molecule has 0 amide bonds. The van der Waals surface area contributed by atoms with E-state index in [1.54, 1.807) is 19.2 Å². The second kappa shape index (κ2) is 5.38. The van der Waals surface area contributed by atoms with E-state index < -0.39 is 5.97 Å². The van der Waals surface area contributed by atoms with Gasteiger partial charge in [-0.25, -0.2) is 14.5 Å². The van der Waals surface area contributed by atoms with Gasteiger partial charge in [0.25, 0.3) is 5.82 Å². The first kappa shape index (κ1) is 12.9. The summed E-state index contributed by atoms with van der Waals surface area (Å²) in [6, 6.07) is 5.44. The van der Waals surface area contributed by atoms with E-state index in [9.17, 15) is 4.79 Å². The van der Waals surface area contributed by atoms with Gasteiger partial charge in [0.2, 0.25) is 0 Å². The molecule has 100 valence electrons. The van der Waals surface area contributed by atoms with Crippen molar-refractivity contribution < 1.29 is 14.3 Å². The third-order valence-corrected chi connectivity index (χ3v) is 2.54. The fraction of sp³-hybridized carbons (Fsp3) is 0.250. The molecule has 1 heterocycles. The van der Waals surface area contributed by atoms with Crippen LogP contribution in [0, 0.1) is 0 Å². The van der Waals surface area contributed by atoms with E-state index in [0.717, 1.165) is 5.56 Å². The molecule has 19 heavy (non-hydrogen) atoms. The minimum Gasteiger partial charge on any atom is -0.495 e. The monoisotopic (exact) mass is 262 g/mol. The smallest absolute Gasteiger partial charge is 0.377 e. The van der Waals surface area contributed by atoms with Gasteiger partial charge in [-0.2, -0.15) is 0 Å². The number of hydrogen-bond acceptors (Lipinski definition) is 6. The highest BCUT2D eigenvalue weighted by Gasteiger charge is 2.11. The van der Waals surface area contributed by atoms with Crippen molar-refractivity contribution in [3.63, 3.8) is 0 Å². The van der Waals surface area contributed by atoms with E-state index in [2.05, 4.69) is 14.8 Å². The number of rotatable bonds is 4. The van der Waals surface area contributed by atoms with Crippen molar-refractivity contribution in [3.8, 4) is 5.75 Å². The number of nitrogens with two attached hydrogens (primary N) is 1. The Labute approximate surface area is 110 Å². The first-order valence-corrected chi connectivity index (χ1v) is 5.54. The van der Waals surface area contributed by atoms with Gasteiger partial charge in [0.05, 0.1) is 26.5 Å². The quantitative estimate of drug-likeness (QED) is 0.644. The van der Waals surface area contributed by atoms with Crippen LogP contribution in [0.5, 0.6) is 5.75 Å². The Balaban J connectivity index is 2.15. The summed E-state index contributed by atoms with van der Waals surface area (Å²) in [5.41, 5.74) is 7.30. The van der Waals surface area contributed by atoms with E-state index in [0.29, 0.717) is 18.0 Å². The van der Waals surface area contributed by atoms with Crippen molar-refractivity contribution in [2.45, 2.75) is 6.54 Å². The van der Waals surface area contributed by atoms with Crippen LogP contribution < -0.4 is 10.5 Å². The number of nitrogens with zero attached hydrogens (tertiary/aromatic N) is 3. The molecule has 2 N–H and O–H groups in total. The first-order valence-electron chi connectivity index (χ1n) is 5.54. The summed E-state index contributed by atoms with van der Waals surface area (Å²) >= 11 is 0. The van der Waals surface area contributed by atoms with Crippen molar-refractivity contribution in [1.29, 1.82) is 0 Å². The molecule has 2 aromatic rings. The number of carbonyl (C=O) groups is 1. The highest BCUT2D eigenvalue weighted by Crippen LogP contribution is 2.22. The van der Waals surface area contributed by atoms with Gasteiger partial charge in [0.15, 0.2) is 0 Å². The highest BCUT2D eigenvalue weighted by molar-refractivity contribution is 5.84. The fourth-order valence-electron chi connectivity index (χ4n) is 1.62. The summed E-state index contributed by atoms with van der Waals surface area (Å²) in [7, 11) is 2.85. The molecule has 2 rings (SSSR count). The van der Waals surface area contributed by atoms with Gasteiger partial charge in [0.1, 0.15) is 12.1 Å². The fourth-order valence-corrected chi connectivity index (χ4v) is 1.62. The summed E-state index contributed by atoms with van der Waals surface area (Å²) in [6.45, 7) is 0.457. The lowest BCUT2D eigenvalue weighted by Crippen LogP contribution is -2.06. The van der Waals surface area contributed by atoms with Gasteiger partial charge >= 0.3 is 5.97 Å². The van der Waals surface area contributed by atoms with Gasteiger partial charge in [0, 0.05) is 0 Å². The van der Waals surface area contributed by atoms with Crippen LogP contribution in [0.3, 0.4) is 0 Å². The summed E-state index contributed by atoms with van der Waals surface area (Å²) < 4.78 is 11.1. The number of anilines is 1. The molecule has 0 aliphatic heterocycles. The molecule has 1 aromatic heterocycles. The molecule has 0 spiro atoms. The lowest BCUT2D eigenvalue weighted by Gasteiger charge is -2.06. The predicted molar refractivity (Wildman–Crippen MR) is 67.9 cm³/mol. The summed E-state index contributed by atoms with van der Waals surface area (Å²) in [4.78, 5) is 15.1. The standard InChI is InChI=1S/C12H14N4O3/c1-18-10-4-3-8(5-9(10)13)6-16-7-14-11(15-16)12(17)19-2/h3-5,7H,6,13H2,1-2H3. The van der Waals surface area contributed by atoms with Crippen molar-refractivity contribution in [1.82, 2.24) is 14.8 Å². The normalized spacial score (nSPS) is 10.2. The number of esters is 1. The van der Waals surface area contributed by atoms with Crippen LogP contribution in [-0.2, 0) is 11.3 Å². The van der Waals surface area contributed by atoms with E-state index >= 15 is 0 Å². The van der Waals surface area contributed by atoms with Crippen LogP contribution in [0.15, 0.2) is 24.5 Å². The lowest BCUT2D eigenvalue weighted by atomic mass is 10.2. The van der Waals surface area contributed by atoms with Gasteiger partial charge in [-0.1, -0.05) is 6.07 Å². The largest absolute Gasteiger partial charge is 0.495 e. The minimum atomic E-state index is -0.562. The molecule has 7 heteroatoms. The maximum atomic E-state index is 11.2. The SMILES string of the molecule is COC(=O)c1ncn(Cc2ccc(OC)c(N)c2)n1. The van der Waals surface area contributed by atoms with Crippen LogP contribution in [0.25, 0.3) is 0 Å². The second-order valence-corrected chi connectivity index (χ2v) is 3.83. The Morgan fingerprint density at radius 3 is 2.84 bits per heavy atom. The van der Waals surface area contributed by atoms with E-state index in [1.165, 1.54) is 18.1 Å². The number of ether oxygens (including phenoxy) is 2. The average molecular weight is 262 g/mol. The second-order valence-electron chi connectivity index (χ2n) is 3.83. The van der Waals surface area contributed by atoms with Crippen molar-refractivity contribution in [3.05, 3.63) is 35.9 Å². The third kappa shape index (κ3) is 2.82. The molecule has 0 radical (unpaired) electrons. The zero-order valence-corrected chi connectivity index (χ0v) is 10.7. The number of carbonyl (C=O) groups excluding carboxylic acids is 1. The van der Waals surface area contributed by atoms with Gasteiger partial charge in [-0.3, -0.25) is 0 Å². The first-order chi connectivity index (χ1) is 9.13. The molecule has 0 atom stereocenters. The minimum absolute atomic E-state index is 0.0315. The van der Waals surface area contributed by atoms with Gasteiger partial charge in [-0.05, 0) is 17.7 Å². The van der Waals surface area contributed by atoms with Crippen LogP contribution in [0.4, 0.5) is 5.69 Å². The molecular formula is C12H14N4O3. The topological polar surface area (TPSA) is 92.3 Å². The number of methoxy groups -OCH3 is 2. The summed E-state index contributed by atoms with van der Waals surface area (Å²) in [5.74, 6) is 0.0922. The van der Waals surface area contributed by atoms with E-state index in [1.807, 2.05) is 6.07 Å². The Morgan fingerprint density at radius 1 is 1.42 bits per heavy atom. The van der Waals surface area contributed by atoms with E-state index in [4.69, 9.17) is 10.5 Å². The highest BCUT2D eigenvalue weighted by atomic mass is 16.5. The Bertz CT molecular complexity index is 594. The van der Waals surface area contributed by atoms with Crippen LogP contribution >= 0.6 is 0 Å². The number of nitrogen functional groups attached to an aromatic ring is 1. The molecule has 7 nitrogen and oxygen atoms in total. The maximum Gasteiger partial charge on any atom is 0.377 e. The molecule has 0 aliphatic carbocycles. The Morgan fingerprint density at radius 2 is 2.21 bits per heavy atom. The van der Waals surface area contributed by atoms with Crippen LogP contribution in [0.1, 0.15) is 16.2 Å². The van der Waals surface area contributed by atoms with E-state index in [-0.39, 0.29) is 5.82 Å². The molecule has 1 aromatic carbocycles. The van der Waals surface area contributed by atoms with Gasteiger partial charge < -0.3 is 15.2 Å². The lowest BCUT2D eigenvalue weighted by molar-refractivity contribution is 0.0586. The van der Waals surface area contributed by atoms with Gasteiger partial charge in [-0.15, -0.1) is 5.10 Å². The van der Waals surface area contributed by atoms with Crippen molar-refractivity contribution >= 4 is 11.7 Å². The molecule has 0 saturated carbocycles. The number of benzene rings is 1. The van der Waals surface area contributed by atoms with Crippen molar-refractivity contribution in [2.24, 2.45) is 0 Å². The molecule has 0 fully saturated rings. The summed E-state index contributed by atoms with van der Waals surface area (Å²) in [5, 5.41) is 4.01. The number of aromatic nitrogens is 3. The Kier molecular flexibility index (Phi) is 3.65. The molecule has 0 unspecified atom stereocenters. The molecule has 0 saturated heterocycles. The molecule has 0 aliphatic rings. The molecule has 0 bridgehead atoms. The maximum absolute atomic E-state index is 11.2.